The van der Waals surface area contributed by atoms with Crippen LogP contribution >= 0.6 is 0 Å². The molecule has 0 bridgehead atoms. The fourth-order valence-electron chi connectivity index (χ4n) is 0.950. The fourth-order valence-corrected chi connectivity index (χ4v) is 0.950. The number of nitriles is 1. The largest absolute Gasteiger partial charge is 0.390 e. The second-order valence-corrected chi connectivity index (χ2v) is 2.61. The van der Waals surface area contributed by atoms with Gasteiger partial charge in [-0.1, -0.05) is 0 Å². The molecule has 0 amide bonds. The lowest BCUT2D eigenvalue weighted by Gasteiger charge is -2.08. The van der Waals surface area contributed by atoms with Crippen molar-refractivity contribution in [3.05, 3.63) is 12.2 Å². The summed E-state index contributed by atoms with van der Waals surface area (Å²) in [6, 6.07) is 1.81. The Morgan fingerprint density at radius 3 is 3.15 bits per heavy atom. The summed E-state index contributed by atoms with van der Waals surface area (Å²) in [6.45, 7) is 0.831. The van der Waals surface area contributed by atoms with E-state index in [2.05, 4.69) is 15.4 Å². The van der Waals surface area contributed by atoms with E-state index in [-0.39, 0.29) is 5.82 Å². The van der Waals surface area contributed by atoms with Crippen molar-refractivity contribution in [2.24, 2.45) is 0 Å². The van der Waals surface area contributed by atoms with E-state index < -0.39 is 6.10 Å². The van der Waals surface area contributed by atoms with E-state index in [0.29, 0.717) is 13.1 Å². The molecule has 0 aliphatic heterocycles. The summed E-state index contributed by atoms with van der Waals surface area (Å²) >= 11 is 0. The lowest BCUT2D eigenvalue weighted by molar-refractivity contribution is 0.149. The van der Waals surface area contributed by atoms with E-state index in [4.69, 9.17) is 5.26 Å². The molecule has 1 rings (SSSR count). The molecule has 0 aliphatic rings. The van der Waals surface area contributed by atoms with Gasteiger partial charge in [0.2, 0.25) is 0 Å². The van der Waals surface area contributed by atoms with Crippen LogP contribution in [0, 0.1) is 11.3 Å². The highest BCUT2D eigenvalue weighted by Crippen LogP contribution is 1.90. The van der Waals surface area contributed by atoms with Crippen molar-refractivity contribution in [3.63, 3.8) is 0 Å². The van der Waals surface area contributed by atoms with E-state index in [1.165, 1.54) is 11.0 Å². The SMILES string of the molecule is CNCC(O)Cn1cnc(C#N)n1. The molecule has 0 radical (unpaired) electrons. The third-order valence-corrected chi connectivity index (χ3v) is 1.47. The van der Waals surface area contributed by atoms with E-state index in [9.17, 15) is 5.11 Å². The van der Waals surface area contributed by atoms with Crippen LogP contribution in [-0.4, -0.2) is 39.6 Å². The first kappa shape index (κ1) is 9.64. The fraction of sp³-hybridized carbons (Fsp3) is 0.571. The third-order valence-electron chi connectivity index (χ3n) is 1.47. The van der Waals surface area contributed by atoms with Crippen LogP contribution in [0.1, 0.15) is 5.82 Å². The zero-order chi connectivity index (χ0) is 9.68. The minimum atomic E-state index is -0.516. The van der Waals surface area contributed by atoms with E-state index in [1.807, 2.05) is 6.07 Å². The minimum absolute atomic E-state index is 0.122. The van der Waals surface area contributed by atoms with Crippen LogP contribution in [0.4, 0.5) is 0 Å². The van der Waals surface area contributed by atoms with Crippen molar-refractivity contribution in [2.75, 3.05) is 13.6 Å². The molecule has 1 aromatic heterocycles. The summed E-state index contributed by atoms with van der Waals surface area (Å²) in [5.41, 5.74) is 0. The summed E-state index contributed by atoms with van der Waals surface area (Å²) in [4.78, 5) is 3.71. The van der Waals surface area contributed by atoms with Gasteiger partial charge in [0.25, 0.3) is 5.82 Å². The van der Waals surface area contributed by atoms with Gasteiger partial charge in [0.05, 0.1) is 12.6 Å². The maximum Gasteiger partial charge on any atom is 0.252 e. The molecule has 6 heteroatoms. The van der Waals surface area contributed by atoms with Gasteiger partial charge in [-0.05, 0) is 7.05 Å². The molecule has 0 saturated heterocycles. The molecule has 70 valence electrons. The average molecular weight is 181 g/mol. The Morgan fingerprint density at radius 2 is 2.62 bits per heavy atom. The first-order valence-electron chi connectivity index (χ1n) is 3.88. The zero-order valence-electron chi connectivity index (χ0n) is 7.30. The molecule has 1 heterocycles. The molecular weight excluding hydrogens is 170 g/mol. The first-order chi connectivity index (χ1) is 6.26. The highest BCUT2D eigenvalue weighted by atomic mass is 16.3. The van der Waals surface area contributed by atoms with Crippen molar-refractivity contribution in [1.82, 2.24) is 20.1 Å². The highest BCUT2D eigenvalue weighted by Gasteiger charge is 2.05. The van der Waals surface area contributed by atoms with Gasteiger partial charge in [-0.3, -0.25) is 0 Å². The van der Waals surface area contributed by atoms with Gasteiger partial charge in [0, 0.05) is 6.54 Å². The zero-order valence-corrected chi connectivity index (χ0v) is 7.30. The summed E-state index contributed by atoms with van der Waals surface area (Å²) < 4.78 is 1.44. The van der Waals surface area contributed by atoms with Crippen LogP contribution < -0.4 is 5.32 Å². The molecule has 0 fully saturated rings. The summed E-state index contributed by atoms with van der Waals surface area (Å²) in [5.74, 6) is 0.122. The summed E-state index contributed by atoms with van der Waals surface area (Å²) in [7, 11) is 1.76. The Morgan fingerprint density at radius 1 is 1.85 bits per heavy atom. The second kappa shape index (κ2) is 4.54. The van der Waals surface area contributed by atoms with Crippen LogP contribution in [0.15, 0.2) is 6.33 Å². The third kappa shape index (κ3) is 2.82. The minimum Gasteiger partial charge on any atom is -0.390 e. The summed E-state index contributed by atoms with van der Waals surface area (Å²) in [6.07, 6.45) is 0.912. The number of hydrogen-bond acceptors (Lipinski definition) is 5. The first-order valence-corrected chi connectivity index (χ1v) is 3.88. The average Bonchev–Trinajstić information content (AvgIpc) is 2.52. The molecule has 0 aliphatic carbocycles. The van der Waals surface area contributed by atoms with Crippen molar-refractivity contribution in [3.8, 4) is 6.07 Å². The molecule has 13 heavy (non-hydrogen) atoms. The van der Waals surface area contributed by atoms with E-state index in [0.717, 1.165) is 0 Å². The number of hydrogen-bond donors (Lipinski definition) is 2. The Bertz CT molecular complexity index is 302. The molecule has 1 aromatic rings. The molecular formula is C7H11N5O. The lowest BCUT2D eigenvalue weighted by Crippen LogP contribution is -2.28. The Balaban J connectivity index is 2.50. The van der Waals surface area contributed by atoms with Gasteiger partial charge in [-0.15, -0.1) is 5.10 Å². The van der Waals surface area contributed by atoms with Crippen LogP contribution in [0.25, 0.3) is 0 Å². The molecule has 0 aromatic carbocycles. The Kier molecular flexibility index (Phi) is 3.37. The number of aliphatic hydroxyl groups excluding tert-OH is 1. The van der Waals surface area contributed by atoms with Crippen LogP contribution in [0.3, 0.4) is 0 Å². The lowest BCUT2D eigenvalue weighted by atomic mass is 10.3. The number of likely N-dealkylation sites (N-methyl/N-ethyl adjacent to an activating group) is 1. The quantitative estimate of drug-likeness (QED) is 0.604. The molecule has 1 unspecified atom stereocenters. The van der Waals surface area contributed by atoms with Gasteiger partial charge in [-0.25, -0.2) is 9.67 Å². The number of aliphatic hydroxyl groups is 1. The number of nitrogens with one attached hydrogen (secondary N) is 1. The van der Waals surface area contributed by atoms with Gasteiger partial charge < -0.3 is 10.4 Å². The number of aromatic nitrogens is 3. The predicted molar refractivity (Wildman–Crippen MR) is 44.7 cm³/mol. The molecule has 0 spiro atoms. The van der Waals surface area contributed by atoms with Gasteiger partial charge >= 0.3 is 0 Å². The molecule has 0 saturated carbocycles. The normalized spacial score (nSPS) is 12.4. The maximum absolute atomic E-state index is 9.35. The van der Waals surface area contributed by atoms with Gasteiger partial charge in [0.15, 0.2) is 0 Å². The number of nitrogens with zero attached hydrogens (tertiary/aromatic N) is 4. The highest BCUT2D eigenvalue weighted by molar-refractivity contribution is 5.05. The van der Waals surface area contributed by atoms with E-state index >= 15 is 0 Å². The maximum atomic E-state index is 9.35. The Hall–Kier alpha value is -1.45. The van der Waals surface area contributed by atoms with Crippen molar-refractivity contribution >= 4 is 0 Å². The Labute approximate surface area is 75.8 Å². The molecule has 6 nitrogen and oxygen atoms in total. The van der Waals surface area contributed by atoms with Crippen LogP contribution in [0.5, 0.6) is 0 Å². The van der Waals surface area contributed by atoms with Crippen molar-refractivity contribution in [2.45, 2.75) is 12.6 Å². The summed E-state index contributed by atoms with van der Waals surface area (Å²) in [5, 5.41) is 24.4. The monoisotopic (exact) mass is 181 g/mol. The molecule has 1 atom stereocenters. The number of rotatable bonds is 4. The standard InChI is InChI=1S/C7H11N5O/c1-9-3-6(13)4-12-5-10-7(2-8)11-12/h5-6,9,13H,3-4H2,1H3. The molecule has 2 N–H and O–H groups in total. The smallest absolute Gasteiger partial charge is 0.252 e. The van der Waals surface area contributed by atoms with Gasteiger partial charge in [0.1, 0.15) is 12.4 Å². The van der Waals surface area contributed by atoms with Crippen LogP contribution in [0.2, 0.25) is 0 Å². The topological polar surface area (TPSA) is 86.8 Å². The second-order valence-electron chi connectivity index (χ2n) is 2.61. The van der Waals surface area contributed by atoms with Gasteiger partial charge in [-0.2, -0.15) is 5.26 Å². The van der Waals surface area contributed by atoms with Crippen molar-refractivity contribution in [1.29, 1.82) is 5.26 Å². The van der Waals surface area contributed by atoms with Crippen LogP contribution in [-0.2, 0) is 6.54 Å². The van der Waals surface area contributed by atoms with E-state index in [1.54, 1.807) is 7.05 Å². The van der Waals surface area contributed by atoms with Crippen molar-refractivity contribution < 1.29 is 5.11 Å². The predicted octanol–water partition coefficient (Wildman–Crippen LogP) is -1.27.